The molecule has 3 rings (SSSR count). The summed E-state index contributed by atoms with van der Waals surface area (Å²) in [6.07, 6.45) is 5.49. The van der Waals surface area contributed by atoms with Crippen molar-refractivity contribution in [2.75, 3.05) is 13.1 Å². The average Bonchev–Trinajstić information content (AvgIpc) is 2.98. The van der Waals surface area contributed by atoms with Crippen LogP contribution < -0.4 is 0 Å². The number of piperidine rings is 1. The van der Waals surface area contributed by atoms with Gasteiger partial charge in [0, 0.05) is 24.9 Å². The second-order valence-electron chi connectivity index (χ2n) is 6.06. The Morgan fingerprint density at radius 3 is 2.74 bits per heavy atom. The number of aromatic nitrogens is 2. The van der Waals surface area contributed by atoms with Crippen molar-refractivity contribution in [3.05, 3.63) is 43.1 Å². The molecule has 1 aliphatic rings. The molecule has 1 aliphatic heterocycles. The summed E-state index contributed by atoms with van der Waals surface area (Å²) < 4.78 is 1.75. The number of carbonyl (C=O) groups excluding carboxylic acids is 2. The molecule has 0 N–H and O–H groups in total. The average molecular weight is 311 g/mol. The molecule has 0 aliphatic carbocycles. The van der Waals surface area contributed by atoms with Gasteiger partial charge in [-0.25, -0.2) is 0 Å². The first-order chi connectivity index (χ1) is 11.2. The standard InChI is InChI=1S/C18H21N3O2/c1-2-16(22)11-14-7-9-20(10-8-14)18(23)13-21-17-6-4-3-5-15(17)12-19-21/h2-6,12,14H,1,7-11,13H2. The van der Waals surface area contributed by atoms with Crippen LogP contribution in [-0.4, -0.2) is 39.5 Å². The monoisotopic (exact) mass is 311 g/mol. The first-order valence-corrected chi connectivity index (χ1v) is 8.01. The predicted molar refractivity (Wildman–Crippen MR) is 88.9 cm³/mol. The summed E-state index contributed by atoms with van der Waals surface area (Å²) in [6, 6.07) is 7.88. The van der Waals surface area contributed by atoms with Gasteiger partial charge in [-0.1, -0.05) is 24.8 Å². The van der Waals surface area contributed by atoms with Crippen LogP contribution >= 0.6 is 0 Å². The van der Waals surface area contributed by atoms with E-state index < -0.39 is 0 Å². The molecular weight excluding hydrogens is 290 g/mol. The lowest BCUT2D eigenvalue weighted by Gasteiger charge is -2.31. The lowest BCUT2D eigenvalue weighted by molar-refractivity contribution is -0.133. The van der Waals surface area contributed by atoms with E-state index in [-0.39, 0.29) is 18.2 Å². The molecule has 0 bridgehead atoms. The minimum Gasteiger partial charge on any atom is -0.341 e. The summed E-state index contributed by atoms with van der Waals surface area (Å²) in [4.78, 5) is 25.8. The Morgan fingerprint density at radius 1 is 1.26 bits per heavy atom. The van der Waals surface area contributed by atoms with Gasteiger partial charge in [0.2, 0.25) is 5.91 Å². The third kappa shape index (κ3) is 3.50. The van der Waals surface area contributed by atoms with Gasteiger partial charge < -0.3 is 4.90 Å². The van der Waals surface area contributed by atoms with Gasteiger partial charge in [0.15, 0.2) is 5.78 Å². The molecule has 120 valence electrons. The number of benzene rings is 1. The van der Waals surface area contributed by atoms with E-state index in [0.29, 0.717) is 25.4 Å². The second kappa shape index (κ2) is 6.77. The fourth-order valence-corrected chi connectivity index (χ4v) is 3.13. The molecule has 5 nitrogen and oxygen atoms in total. The smallest absolute Gasteiger partial charge is 0.244 e. The molecule has 0 radical (unpaired) electrons. The summed E-state index contributed by atoms with van der Waals surface area (Å²) in [7, 11) is 0. The lowest BCUT2D eigenvalue weighted by atomic mass is 9.91. The van der Waals surface area contributed by atoms with Crippen LogP contribution in [0.15, 0.2) is 43.1 Å². The Kier molecular flexibility index (Phi) is 4.55. The van der Waals surface area contributed by atoms with E-state index in [1.807, 2.05) is 29.2 Å². The zero-order valence-corrected chi connectivity index (χ0v) is 13.1. The molecule has 2 aromatic rings. The van der Waals surface area contributed by atoms with Gasteiger partial charge in [-0.15, -0.1) is 0 Å². The van der Waals surface area contributed by atoms with Crippen LogP contribution in [0.4, 0.5) is 0 Å². The summed E-state index contributed by atoms with van der Waals surface area (Å²) in [5.74, 6) is 0.556. The minimum absolute atomic E-state index is 0.0901. The van der Waals surface area contributed by atoms with Gasteiger partial charge in [0.05, 0.1) is 11.7 Å². The Bertz CT molecular complexity index is 727. The first kappa shape index (κ1) is 15.5. The number of para-hydroxylation sites is 1. The molecule has 1 amide bonds. The van der Waals surface area contributed by atoms with Crippen molar-refractivity contribution >= 4 is 22.6 Å². The maximum absolute atomic E-state index is 12.5. The fourth-order valence-electron chi connectivity index (χ4n) is 3.13. The van der Waals surface area contributed by atoms with Crippen LogP contribution in [0.2, 0.25) is 0 Å². The minimum atomic E-state index is 0.0901. The van der Waals surface area contributed by atoms with E-state index in [1.54, 1.807) is 10.9 Å². The van der Waals surface area contributed by atoms with Crippen LogP contribution in [-0.2, 0) is 16.1 Å². The predicted octanol–water partition coefficient (Wildman–Crippen LogP) is 2.42. The molecule has 1 aromatic heterocycles. The van der Waals surface area contributed by atoms with E-state index >= 15 is 0 Å². The highest BCUT2D eigenvalue weighted by atomic mass is 16.2. The molecule has 23 heavy (non-hydrogen) atoms. The van der Waals surface area contributed by atoms with E-state index in [4.69, 9.17) is 0 Å². The lowest BCUT2D eigenvalue weighted by Crippen LogP contribution is -2.40. The van der Waals surface area contributed by atoms with Crippen molar-refractivity contribution < 1.29 is 9.59 Å². The highest BCUT2D eigenvalue weighted by Gasteiger charge is 2.24. The third-order valence-corrected chi connectivity index (χ3v) is 4.52. The van der Waals surface area contributed by atoms with E-state index in [9.17, 15) is 9.59 Å². The van der Waals surface area contributed by atoms with Gasteiger partial charge in [-0.05, 0) is 30.9 Å². The van der Waals surface area contributed by atoms with Gasteiger partial charge in [-0.3, -0.25) is 14.3 Å². The summed E-state index contributed by atoms with van der Waals surface area (Å²) in [5, 5.41) is 5.35. The molecule has 2 heterocycles. The van der Waals surface area contributed by atoms with Gasteiger partial charge >= 0.3 is 0 Å². The molecule has 1 aromatic carbocycles. The number of allylic oxidation sites excluding steroid dienone is 1. The number of fused-ring (bicyclic) bond motifs is 1. The number of ketones is 1. The molecule has 0 spiro atoms. The molecular formula is C18H21N3O2. The van der Waals surface area contributed by atoms with Crippen LogP contribution in [0.3, 0.4) is 0 Å². The van der Waals surface area contributed by atoms with Crippen molar-refractivity contribution in [3.63, 3.8) is 0 Å². The summed E-state index contributed by atoms with van der Waals surface area (Å²) in [5.41, 5.74) is 0.979. The largest absolute Gasteiger partial charge is 0.341 e. The molecule has 1 saturated heterocycles. The van der Waals surface area contributed by atoms with Crippen LogP contribution in [0.25, 0.3) is 10.9 Å². The Morgan fingerprint density at radius 2 is 2.00 bits per heavy atom. The number of amides is 1. The first-order valence-electron chi connectivity index (χ1n) is 8.01. The zero-order valence-electron chi connectivity index (χ0n) is 13.1. The third-order valence-electron chi connectivity index (χ3n) is 4.52. The molecule has 0 unspecified atom stereocenters. The van der Waals surface area contributed by atoms with Crippen molar-refractivity contribution in [2.24, 2.45) is 5.92 Å². The van der Waals surface area contributed by atoms with Crippen LogP contribution in [0, 0.1) is 5.92 Å². The van der Waals surface area contributed by atoms with Crippen molar-refractivity contribution in [1.82, 2.24) is 14.7 Å². The highest BCUT2D eigenvalue weighted by molar-refractivity contribution is 5.89. The van der Waals surface area contributed by atoms with Gasteiger partial charge in [0.1, 0.15) is 6.54 Å². The maximum atomic E-state index is 12.5. The second-order valence-corrected chi connectivity index (χ2v) is 6.06. The maximum Gasteiger partial charge on any atom is 0.244 e. The van der Waals surface area contributed by atoms with Crippen molar-refractivity contribution in [3.8, 4) is 0 Å². The highest BCUT2D eigenvalue weighted by Crippen LogP contribution is 2.21. The number of hydrogen-bond donors (Lipinski definition) is 0. The molecule has 5 heteroatoms. The Balaban J connectivity index is 1.57. The molecule has 0 saturated carbocycles. The normalized spacial score (nSPS) is 15.7. The van der Waals surface area contributed by atoms with E-state index in [0.717, 1.165) is 23.7 Å². The van der Waals surface area contributed by atoms with Crippen molar-refractivity contribution in [2.45, 2.75) is 25.8 Å². The molecule has 0 atom stereocenters. The fraction of sp³-hybridized carbons (Fsp3) is 0.389. The summed E-state index contributed by atoms with van der Waals surface area (Å²) in [6.45, 7) is 5.21. The number of likely N-dealkylation sites (tertiary alicyclic amines) is 1. The summed E-state index contributed by atoms with van der Waals surface area (Å²) >= 11 is 0. The van der Waals surface area contributed by atoms with E-state index in [1.165, 1.54) is 6.08 Å². The number of hydrogen-bond acceptors (Lipinski definition) is 3. The van der Waals surface area contributed by atoms with Crippen LogP contribution in [0.1, 0.15) is 19.3 Å². The quantitative estimate of drug-likeness (QED) is 0.797. The Labute approximate surface area is 135 Å². The SMILES string of the molecule is C=CC(=O)CC1CCN(C(=O)Cn2ncc3ccccc32)CC1. The number of carbonyl (C=O) groups is 2. The van der Waals surface area contributed by atoms with Crippen molar-refractivity contribution in [1.29, 1.82) is 0 Å². The van der Waals surface area contributed by atoms with E-state index in [2.05, 4.69) is 11.7 Å². The molecule has 1 fully saturated rings. The topological polar surface area (TPSA) is 55.2 Å². The number of rotatable bonds is 5. The van der Waals surface area contributed by atoms with Crippen LogP contribution in [0.5, 0.6) is 0 Å². The van der Waals surface area contributed by atoms with Gasteiger partial charge in [0.25, 0.3) is 0 Å². The Hall–Kier alpha value is -2.43. The zero-order chi connectivity index (χ0) is 16.2. The van der Waals surface area contributed by atoms with Gasteiger partial charge in [-0.2, -0.15) is 5.10 Å². The number of nitrogens with zero attached hydrogens (tertiary/aromatic N) is 3.